The van der Waals surface area contributed by atoms with Crippen LogP contribution in [0.5, 0.6) is 0 Å². The predicted octanol–water partition coefficient (Wildman–Crippen LogP) is 1.57. The van der Waals surface area contributed by atoms with Crippen LogP contribution in [0.15, 0.2) is 0 Å². The molecule has 6 heteroatoms. The van der Waals surface area contributed by atoms with E-state index in [4.69, 9.17) is 0 Å². The second-order valence-corrected chi connectivity index (χ2v) is 8.14. The van der Waals surface area contributed by atoms with Crippen LogP contribution >= 0.6 is 0 Å². The van der Waals surface area contributed by atoms with Crippen LogP contribution in [-0.4, -0.2) is 55.3 Å². The normalized spacial score (nSPS) is 30.4. The molecule has 0 aromatic heterocycles. The minimum absolute atomic E-state index is 0.174. The van der Waals surface area contributed by atoms with Gasteiger partial charge in [0, 0.05) is 38.3 Å². The van der Waals surface area contributed by atoms with Gasteiger partial charge in [-0.25, -0.2) is 0 Å². The number of nitrogens with one attached hydrogen (secondary N) is 1. The average Bonchev–Trinajstić information content (AvgIpc) is 2.75. The molecule has 5 nitrogen and oxygen atoms in total. The zero-order valence-electron chi connectivity index (χ0n) is 13.0. The lowest BCUT2D eigenvalue weighted by Crippen LogP contribution is -2.53. The third kappa shape index (κ3) is 3.35. The second kappa shape index (κ2) is 6.73. The van der Waals surface area contributed by atoms with E-state index in [1.165, 1.54) is 17.1 Å². The highest BCUT2D eigenvalue weighted by Crippen LogP contribution is 2.31. The van der Waals surface area contributed by atoms with Crippen molar-refractivity contribution in [3.05, 3.63) is 0 Å². The Bertz CT molecular complexity index is 401. The Kier molecular flexibility index (Phi) is 5.45. The topological polar surface area (TPSA) is 52.7 Å². The fourth-order valence-corrected chi connectivity index (χ4v) is 5.14. The molecule has 0 radical (unpaired) electrons. The molecule has 1 N–H and O–H groups in total. The first-order chi connectivity index (χ1) is 9.48. The summed E-state index contributed by atoms with van der Waals surface area (Å²) in [6, 6.07) is 1.21. The van der Waals surface area contributed by atoms with Gasteiger partial charge >= 0.3 is 0 Å². The summed E-state index contributed by atoms with van der Waals surface area (Å²) in [5.74, 6) is 0. The highest BCUT2D eigenvalue weighted by molar-refractivity contribution is 7.86. The molecule has 0 amide bonds. The number of unbranched alkanes of at least 4 members (excludes halogenated alkanes) is 1. The predicted molar refractivity (Wildman–Crippen MR) is 81.8 cm³/mol. The van der Waals surface area contributed by atoms with Crippen molar-refractivity contribution in [1.82, 2.24) is 13.9 Å². The van der Waals surface area contributed by atoms with Crippen LogP contribution in [0.4, 0.5) is 0 Å². The van der Waals surface area contributed by atoms with Crippen molar-refractivity contribution in [3.8, 4) is 0 Å². The summed E-state index contributed by atoms with van der Waals surface area (Å²) in [5, 5.41) is 3.58. The minimum Gasteiger partial charge on any atom is -0.311 e. The molecule has 0 aromatic rings. The van der Waals surface area contributed by atoms with E-state index < -0.39 is 10.2 Å². The van der Waals surface area contributed by atoms with E-state index in [1.54, 1.807) is 11.4 Å². The van der Waals surface area contributed by atoms with E-state index in [0.717, 1.165) is 25.7 Å². The highest BCUT2D eigenvalue weighted by Gasteiger charge is 2.40. The van der Waals surface area contributed by atoms with Gasteiger partial charge in [-0.15, -0.1) is 0 Å². The maximum atomic E-state index is 12.7. The number of nitrogens with zero attached hydrogens (tertiary/aromatic N) is 2. The summed E-state index contributed by atoms with van der Waals surface area (Å²) < 4.78 is 28.7. The summed E-state index contributed by atoms with van der Waals surface area (Å²) in [5.41, 5.74) is 0. The van der Waals surface area contributed by atoms with Crippen LogP contribution in [0.1, 0.15) is 52.4 Å². The molecular weight excluding hydrogens is 274 g/mol. The number of hydrogen-bond acceptors (Lipinski definition) is 3. The monoisotopic (exact) mass is 303 g/mol. The van der Waals surface area contributed by atoms with Crippen molar-refractivity contribution in [3.63, 3.8) is 0 Å². The van der Waals surface area contributed by atoms with Crippen molar-refractivity contribution < 1.29 is 8.42 Å². The number of hydrogen-bond donors (Lipinski definition) is 1. The van der Waals surface area contributed by atoms with Gasteiger partial charge < -0.3 is 5.32 Å². The van der Waals surface area contributed by atoms with Gasteiger partial charge in [-0.2, -0.15) is 17.0 Å². The smallest absolute Gasteiger partial charge is 0.281 e. The fraction of sp³-hybridized carbons (Fsp3) is 1.00. The van der Waals surface area contributed by atoms with Gasteiger partial charge in [-0.3, -0.25) is 0 Å². The molecule has 0 aliphatic carbocycles. The summed E-state index contributed by atoms with van der Waals surface area (Å²) in [4.78, 5) is 0. The first-order valence-electron chi connectivity index (χ1n) is 7.98. The molecule has 20 heavy (non-hydrogen) atoms. The van der Waals surface area contributed by atoms with Crippen LogP contribution in [0.25, 0.3) is 0 Å². The molecule has 0 saturated carbocycles. The largest absolute Gasteiger partial charge is 0.311 e. The van der Waals surface area contributed by atoms with Gasteiger partial charge in [-0.1, -0.05) is 20.3 Å². The fourth-order valence-electron chi connectivity index (χ4n) is 3.55. The van der Waals surface area contributed by atoms with Crippen LogP contribution in [0.2, 0.25) is 0 Å². The van der Waals surface area contributed by atoms with E-state index in [-0.39, 0.29) is 6.04 Å². The SMILES string of the molecule is CCCCN(C)S(=O)(=O)N(CC)C1CC2CCC(C1)N2. The molecule has 0 spiro atoms. The summed E-state index contributed by atoms with van der Waals surface area (Å²) in [6.45, 7) is 5.23. The number of piperidine rings is 1. The Hall–Kier alpha value is -0.170. The lowest BCUT2D eigenvalue weighted by molar-refractivity contribution is 0.220. The van der Waals surface area contributed by atoms with Crippen LogP contribution in [0, 0.1) is 0 Å². The molecule has 2 rings (SSSR count). The van der Waals surface area contributed by atoms with Crippen molar-refractivity contribution in [1.29, 1.82) is 0 Å². The Labute approximate surface area is 123 Å². The zero-order chi connectivity index (χ0) is 14.8. The van der Waals surface area contributed by atoms with Crippen molar-refractivity contribution in [2.75, 3.05) is 20.1 Å². The first-order valence-corrected chi connectivity index (χ1v) is 9.37. The third-order valence-electron chi connectivity index (χ3n) is 4.68. The maximum Gasteiger partial charge on any atom is 0.281 e. The second-order valence-electron chi connectivity index (χ2n) is 6.15. The molecule has 2 heterocycles. The summed E-state index contributed by atoms with van der Waals surface area (Å²) >= 11 is 0. The molecule has 118 valence electrons. The maximum absolute atomic E-state index is 12.7. The van der Waals surface area contributed by atoms with E-state index in [9.17, 15) is 8.42 Å². The number of fused-ring (bicyclic) bond motifs is 2. The highest BCUT2D eigenvalue weighted by atomic mass is 32.2. The van der Waals surface area contributed by atoms with Gasteiger partial charge in [0.25, 0.3) is 10.2 Å². The lowest BCUT2D eigenvalue weighted by Gasteiger charge is -2.38. The van der Waals surface area contributed by atoms with E-state index >= 15 is 0 Å². The van der Waals surface area contributed by atoms with E-state index in [2.05, 4.69) is 12.2 Å². The molecule has 0 aromatic carbocycles. The van der Waals surface area contributed by atoms with Crippen LogP contribution in [0.3, 0.4) is 0 Å². The van der Waals surface area contributed by atoms with Crippen molar-refractivity contribution >= 4 is 10.2 Å². The van der Waals surface area contributed by atoms with Gasteiger partial charge in [0.15, 0.2) is 0 Å². The Balaban J connectivity index is 2.06. The van der Waals surface area contributed by atoms with Gasteiger partial charge in [-0.05, 0) is 32.1 Å². The Morgan fingerprint density at radius 1 is 1.15 bits per heavy atom. The lowest BCUT2D eigenvalue weighted by atomic mass is 10.00. The zero-order valence-corrected chi connectivity index (χ0v) is 13.8. The molecule has 2 aliphatic heterocycles. The van der Waals surface area contributed by atoms with Gasteiger partial charge in [0.2, 0.25) is 0 Å². The molecule has 2 bridgehead atoms. The van der Waals surface area contributed by atoms with E-state index in [1.807, 2.05) is 6.92 Å². The molecule has 2 fully saturated rings. The van der Waals surface area contributed by atoms with Crippen LogP contribution in [-0.2, 0) is 10.2 Å². The van der Waals surface area contributed by atoms with E-state index in [0.29, 0.717) is 25.2 Å². The van der Waals surface area contributed by atoms with Gasteiger partial charge in [0.1, 0.15) is 0 Å². The number of rotatable bonds is 7. The average molecular weight is 303 g/mol. The molecule has 2 unspecified atom stereocenters. The molecule has 2 atom stereocenters. The molecule has 2 aliphatic rings. The Morgan fingerprint density at radius 2 is 1.75 bits per heavy atom. The summed E-state index contributed by atoms with van der Waals surface area (Å²) in [7, 11) is -1.59. The first kappa shape index (κ1) is 16.2. The van der Waals surface area contributed by atoms with Crippen LogP contribution < -0.4 is 5.32 Å². The molecular formula is C14H29N3O2S. The quantitative estimate of drug-likeness (QED) is 0.777. The van der Waals surface area contributed by atoms with Crippen molar-refractivity contribution in [2.45, 2.75) is 70.5 Å². The van der Waals surface area contributed by atoms with Crippen molar-refractivity contribution in [2.24, 2.45) is 0 Å². The summed E-state index contributed by atoms with van der Waals surface area (Å²) in [6.07, 6.45) is 6.26. The Morgan fingerprint density at radius 3 is 2.25 bits per heavy atom. The van der Waals surface area contributed by atoms with Gasteiger partial charge in [0.05, 0.1) is 0 Å². The standard InChI is InChI=1S/C14H29N3O2S/c1-4-6-9-16(3)20(18,19)17(5-2)14-10-12-7-8-13(11-14)15-12/h12-15H,4-11H2,1-3H3. The third-order valence-corrected chi connectivity index (χ3v) is 6.80. The molecule has 2 saturated heterocycles. The minimum atomic E-state index is -3.30.